The summed E-state index contributed by atoms with van der Waals surface area (Å²) in [7, 11) is 1.57. The van der Waals surface area contributed by atoms with E-state index in [0.29, 0.717) is 22.2 Å². The molecular weight excluding hydrogens is 416 g/mol. The van der Waals surface area contributed by atoms with Crippen LogP contribution in [-0.4, -0.2) is 32.9 Å². The zero-order chi connectivity index (χ0) is 21.8. The third kappa shape index (κ3) is 4.73. The molecule has 0 aliphatic carbocycles. The highest BCUT2D eigenvalue weighted by atomic mass is 35.5. The Bertz CT molecular complexity index is 1280. The van der Waals surface area contributed by atoms with Gasteiger partial charge in [-0.15, -0.1) is 5.10 Å². The summed E-state index contributed by atoms with van der Waals surface area (Å²) in [6.45, 7) is 1.72. The van der Waals surface area contributed by atoms with Gasteiger partial charge in [0.15, 0.2) is 17.3 Å². The van der Waals surface area contributed by atoms with E-state index in [1.54, 1.807) is 42.4 Å². The molecule has 0 atom stereocenters. The summed E-state index contributed by atoms with van der Waals surface area (Å²) in [4.78, 5) is 15.5. The van der Waals surface area contributed by atoms with Crippen molar-refractivity contribution < 1.29 is 14.3 Å². The molecule has 4 rings (SSSR count). The van der Waals surface area contributed by atoms with Gasteiger partial charge < -0.3 is 9.47 Å². The van der Waals surface area contributed by atoms with Crippen molar-refractivity contribution in [3.63, 3.8) is 0 Å². The Balaban J connectivity index is 1.52. The Morgan fingerprint density at radius 2 is 2.03 bits per heavy atom. The number of carbonyl (C=O) groups excluding carboxylic acids is 1. The molecule has 2 aromatic heterocycles. The number of hydrogen-bond donors (Lipinski definition) is 0. The molecule has 0 aliphatic heterocycles. The predicted molar refractivity (Wildman–Crippen MR) is 119 cm³/mol. The lowest BCUT2D eigenvalue weighted by molar-refractivity contribution is -0.112. The molecule has 0 aliphatic rings. The van der Waals surface area contributed by atoms with Crippen LogP contribution in [0.15, 0.2) is 60.9 Å². The first kappa shape index (κ1) is 20.6. The highest BCUT2D eigenvalue weighted by Gasteiger charge is 2.10. The fourth-order valence-corrected chi connectivity index (χ4v) is 3.23. The standard InChI is InChI=1S/C23H19ClN4O3/c1-15(29)3-4-16-5-8-22(23(11-16)30-2)31-14-18-13-28(27-26-18)21-9-10-25-20-12-17(24)6-7-19(20)21/h3-13H,14H2,1-2H3/b4-3+. The van der Waals surface area contributed by atoms with Crippen LogP contribution >= 0.6 is 11.6 Å². The van der Waals surface area contributed by atoms with E-state index < -0.39 is 0 Å². The van der Waals surface area contributed by atoms with Crippen LogP contribution in [0.25, 0.3) is 22.7 Å². The molecule has 0 amide bonds. The van der Waals surface area contributed by atoms with E-state index in [-0.39, 0.29) is 12.4 Å². The summed E-state index contributed by atoms with van der Waals surface area (Å²) in [5, 5.41) is 9.97. The summed E-state index contributed by atoms with van der Waals surface area (Å²) in [5.41, 5.74) is 3.12. The normalized spacial score (nSPS) is 11.2. The van der Waals surface area contributed by atoms with Gasteiger partial charge in [-0.3, -0.25) is 9.78 Å². The van der Waals surface area contributed by atoms with E-state index in [4.69, 9.17) is 21.1 Å². The predicted octanol–water partition coefficient (Wildman–Crippen LogP) is 4.66. The van der Waals surface area contributed by atoms with Crippen molar-refractivity contribution in [1.82, 2.24) is 20.0 Å². The molecule has 2 aromatic carbocycles. The molecule has 0 fully saturated rings. The van der Waals surface area contributed by atoms with E-state index in [0.717, 1.165) is 22.2 Å². The smallest absolute Gasteiger partial charge is 0.161 e. The van der Waals surface area contributed by atoms with Gasteiger partial charge in [0.2, 0.25) is 0 Å². The second kappa shape index (κ2) is 8.97. The topological polar surface area (TPSA) is 79.1 Å². The van der Waals surface area contributed by atoms with E-state index in [9.17, 15) is 4.79 Å². The number of nitrogens with zero attached hydrogens (tertiary/aromatic N) is 4. The number of hydrogen-bond acceptors (Lipinski definition) is 6. The van der Waals surface area contributed by atoms with Crippen molar-refractivity contribution in [1.29, 1.82) is 0 Å². The molecule has 0 saturated carbocycles. The van der Waals surface area contributed by atoms with Crippen LogP contribution in [0.2, 0.25) is 5.02 Å². The molecule has 2 heterocycles. The number of methoxy groups -OCH3 is 1. The Morgan fingerprint density at radius 1 is 1.16 bits per heavy atom. The van der Waals surface area contributed by atoms with E-state index in [1.807, 2.05) is 30.3 Å². The molecular formula is C23H19ClN4O3. The lowest BCUT2D eigenvalue weighted by atomic mass is 10.1. The van der Waals surface area contributed by atoms with Gasteiger partial charge in [-0.1, -0.05) is 29.0 Å². The van der Waals surface area contributed by atoms with Gasteiger partial charge in [0.1, 0.15) is 12.3 Å². The third-order valence-corrected chi connectivity index (χ3v) is 4.78. The van der Waals surface area contributed by atoms with Crippen LogP contribution in [0.4, 0.5) is 0 Å². The molecule has 0 unspecified atom stereocenters. The van der Waals surface area contributed by atoms with Gasteiger partial charge in [-0.25, -0.2) is 4.68 Å². The van der Waals surface area contributed by atoms with Crippen LogP contribution in [-0.2, 0) is 11.4 Å². The number of benzene rings is 2. The minimum Gasteiger partial charge on any atom is -0.493 e. The van der Waals surface area contributed by atoms with Crippen molar-refractivity contribution in [3.05, 3.63) is 77.2 Å². The molecule has 0 radical (unpaired) electrons. The monoisotopic (exact) mass is 434 g/mol. The van der Waals surface area contributed by atoms with Crippen LogP contribution in [0, 0.1) is 0 Å². The molecule has 0 spiro atoms. The van der Waals surface area contributed by atoms with Gasteiger partial charge in [-0.05, 0) is 55.0 Å². The zero-order valence-electron chi connectivity index (χ0n) is 16.9. The lowest BCUT2D eigenvalue weighted by Gasteiger charge is -2.10. The van der Waals surface area contributed by atoms with E-state index in [1.165, 1.54) is 13.0 Å². The second-order valence-electron chi connectivity index (χ2n) is 6.79. The highest BCUT2D eigenvalue weighted by Crippen LogP contribution is 2.29. The number of pyridine rings is 1. The number of allylic oxidation sites excluding steroid dienone is 1. The second-order valence-corrected chi connectivity index (χ2v) is 7.23. The molecule has 31 heavy (non-hydrogen) atoms. The average molecular weight is 435 g/mol. The summed E-state index contributed by atoms with van der Waals surface area (Å²) in [5.74, 6) is 1.11. The fourth-order valence-electron chi connectivity index (χ4n) is 3.06. The summed E-state index contributed by atoms with van der Waals surface area (Å²) < 4.78 is 13.0. The first-order chi connectivity index (χ1) is 15.0. The quantitative estimate of drug-likeness (QED) is 0.394. The lowest BCUT2D eigenvalue weighted by Crippen LogP contribution is -1.98. The van der Waals surface area contributed by atoms with Gasteiger partial charge >= 0.3 is 0 Å². The Labute approximate surface area is 183 Å². The number of ether oxygens (including phenoxy) is 2. The van der Waals surface area contributed by atoms with E-state index in [2.05, 4.69) is 15.3 Å². The summed E-state index contributed by atoms with van der Waals surface area (Å²) >= 11 is 6.07. The molecule has 4 aromatic rings. The number of ketones is 1. The maximum Gasteiger partial charge on any atom is 0.161 e. The van der Waals surface area contributed by atoms with Crippen LogP contribution in [0.1, 0.15) is 18.2 Å². The Hall–Kier alpha value is -3.71. The first-order valence-electron chi connectivity index (χ1n) is 9.49. The highest BCUT2D eigenvalue weighted by molar-refractivity contribution is 6.31. The van der Waals surface area contributed by atoms with E-state index >= 15 is 0 Å². The molecule has 156 valence electrons. The van der Waals surface area contributed by atoms with Crippen molar-refractivity contribution in [3.8, 4) is 17.2 Å². The zero-order valence-corrected chi connectivity index (χ0v) is 17.7. The fraction of sp³-hybridized carbons (Fsp3) is 0.130. The average Bonchev–Trinajstić information content (AvgIpc) is 3.24. The maximum absolute atomic E-state index is 11.1. The van der Waals surface area contributed by atoms with Crippen molar-refractivity contribution in [2.24, 2.45) is 0 Å². The molecule has 8 heteroatoms. The summed E-state index contributed by atoms with van der Waals surface area (Å²) in [6.07, 6.45) is 6.75. The van der Waals surface area contributed by atoms with Crippen LogP contribution in [0.3, 0.4) is 0 Å². The number of carbonyl (C=O) groups is 1. The summed E-state index contributed by atoms with van der Waals surface area (Å²) in [6, 6.07) is 12.8. The molecule has 0 N–H and O–H groups in total. The molecule has 0 bridgehead atoms. The maximum atomic E-state index is 11.1. The van der Waals surface area contributed by atoms with Crippen molar-refractivity contribution in [2.45, 2.75) is 13.5 Å². The first-order valence-corrected chi connectivity index (χ1v) is 9.86. The number of fused-ring (bicyclic) bond motifs is 1. The molecule has 0 saturated heterocycles. The van der Waals surface area contributed by atoms with Gasteiger partial charge in [0, 0.05) is 16.6 Å². The third-order valence-electron chi connectivity index (χ3n) is 4.54. The Kier molecular flexibility index (Phi) is 5.95. The van der Waals surface area contributed by atoms with Crippen molar-refractivity contribution in [2.75, 3.05) is 7.11 Å². The van der Waals surface area contributed by atoms with Crippen LogP contribution < -0.4 is 9.47 Å². The van der Waals surface area contributed by atoms with Crippen molar-refractivity contribution >= 4 is 34.4 Å². The van der Waals surface area contributed by atoms with Gasteiger partial charge in [-0.2, -0.15) is 0 Å². The SMILES string of the molecule is COc1cc(/C=C/C(C)=O)ccc1OCc1cn(-c2ccnc3cc(Cl)ccc23)nn1. The number of rotatable bonds is 7. The molecule has 7 nitrogen and oxygen atoms in total. The largest absolute Gasteiger partial charge is 0.493 e. The van der Waals surface area contributed by atoms with Gasteiger partial charge in [0.05, 0.1) is 24.5 Å². The minimum absolute atomic E-state index is 0.0209. The van der Waals surface area contributed by atoms with Gasteiger partial charge in [0.25, 0.3) is 0 Å². The minimum atomic E-state index is -0.0209. The number of aromatic nitrogens is 4. The van der Waals surface area contributed by atoms with Crippen LogP contribution in [0.5, 0.6) is 11.5 Å². The number of halogens is 1. The Morgan fingerprint density at radius 3 is 2.84 bits per heavy atom.